The fourth-order valence-corrected chi connectivity index (χ4v) is 4.95. The molecular formula is C20H20F2OS. The SMILES string of the molecule is CC1Cc2cc(-c3ccc(OCC4C=CCC4)c(F)c3F)sc2C1. The summed E-state index contributed by atoms with van der Waals surface area (Å²) < 4.78 is 34.4. The van der Waals surface area contributed by atoms with Crippen molar-refractivity contribution in [2.45, 2.75) is 32.6 Å². The van der Waals surface area contributed by atoms with Gasteiger partial charge in [0.2, 0.25) is 5.82 Å². The molecule has 0 amide bonds. The Bertz CT molecular complexity index is 770. The summed E-state index contributed by atoms with van der Waals surface area (Å²) in [5.74, 6) is -0.718. The minimum absolute atomic E-state index is 0.00858. The van der Waals surface area contributed by atoms with Gasteiger partial charge in [-0.05, 0) is 55.4 Å². The van der Waals surface area contributed by atoms with E-state index in [9.17, 15) is 8.78 Å². The first-order valence-corrected chi connectivity index (χ1v) is 9.33. The number of hydrogen-bond acceptors (Lipinski definition) is 2. The average molecular weight is 346 g/mol. The molecule has 4 heteroatoms. The zero-order valence-electron chi connectivity index (χ0n) is 13.6. The van der Waals surface area contributed by atoms with Crippen LogP contribution in [0.1, 0.15) is 30.2 Å². The van der Waals surface area contributed by atoms with Gasteiger partial charge in [0.25, 0.3) is 0 Å². The van der Waals surface area contributed by atoms with Crippen LogP contribution in [0.25, 0.3) is 10.4 Å². The minimum atomic E-state index is -0.878. The predicted octanol–water partition coefficient (Wildman–Crippen LogP) is 5.77. The summed E-state index contributed by atoms with van der Waals surface area (Å²) in [5, 5.41) is 0. The van der Waals surface area contributed by atoms with Crippen molar-refractivity contribution in [2.75, 3.05) is 6.61 Å². The molecule has 1 nitrogen and oxygen atoms in total. The molecule has 0 radical (unpaired) electrons. The maximum atomic E-state index is 14.5. The second-order valence-corrected chi connectivity index (χ2v) is 8.03. The van der Waals surface area contributed by atoms with Crippen LogP contribution in [0, 0.1) is 23.5 Å². The molecule has 0 bridgehead atoms. The topological polar surface area (TPSA) is 9.23 Å². The molecule has 24 heavy (non-hydrogen) atoms. The third-order valence-corrected chi connectivity index (χ3v) is 6.11. The van der Waals surface area contributed by atoms with E-state index in [4.69, 9.17) is 4.74 Å². The molecule has 2 atom stereocenters. The van der Waals surface area contributed by atoms with E-state index in [1.54, 1.807) is 23.5 Å². The van der Waals surface area contributed by atoms with Gasteiger partial charge in [-0.3, -0.25) is 0 Å². The third kappa shape index (κ3) is 2.88. The first-order chi connectivity index (χ1) is 11.6. The van der Waals surface area contributed by atoms with Crippen LogP contribution in [-0.4, -0.2) is 6.61 Å². The highest BCUT2D eigenvalue weighted by Crippen LogP contribution is 2.40. The van der Waals surface area contributed by atoms with E-state index in [-0.39, 0.29) is 5.75 Å². The quantitative estimate of drug-likeness (QED) is 0.638. The summed E-state index contributed by atoms with van der Waals surface area (Å²) in [7, 11) is 0. The largest absolute Gasteiger partial charge is 0.490 e. The zero-order valence-corrected chi connectivity index (χ0v) is 14.5. The molecule has 2 unspecified atom stereocenters. The van der Waals surface area contributed by atoms with Gasteiger partial charge >= 0.3 is 0 Å². The Morgan fingerprint density at radius 2 is 2.08 bits per heavy atom. The summed E-state index contributed by atoms with van der Waals surface area (Å²) in [5.41, 5.74) is 1.63. The van der Waals surface area contributed by atoms with Crippen LogP contribution < -0.4 is 4.74 Å². The number of hydrogen-bond donors (Lipinski definition) is 0. The molecule has 0 saturated heterocycles. The van der Waals surface area contributed by atoms with Crippen LogP contribution in [0.5, 0.6) is 5.75 Å². The number of thiophene rings is 1. The molecule has 1 heterocycles. The van der Waals surface area contributed by atoms with E-state index in [0.29, 0.717) is 24.0 Å². The molecule has 126 valence electrons. The van der Waals surface area contributed by atoms with Gasteiger partial charge in [0.15, 0.2) is 11.6 Å². The van der Waals surface area contributed by atoms with Crippen LogP contribution in [0.3, 0.4) is 0 Å². The zero-order chi connectivity index (χ0) is 16.7. The van der Waals surface area contributed by atoms with E-state index in [1.807, 2.05) is 6.07 Å². The van der Waals surface area contributed by atoms with Crippen LogP contribution in [0.2, 0.25) is 0 Å². The van der Waals surface area contributed by atoms with Crippen LogP contribution in [-0.2, 0) is 12.8 Å². The van der Waals surface area contributed by atoms with Crippen molar-refractivity contribution in [1.82, 2.24) is 0 Å². The van der Waals surface area contributed by atoms with Crippen LogP contribution >= 0.6 is 11.3 Å². The second-order valence-electron chi connectivity index (χ2n) is 6.89. The number of ether oxygens (including phenoxy) is 1. The van der Waals surface area contributed by atoms with Gasteiger partial charge in [-0.25, -0.2) is 4.39 Å². The first-order valence-electron chi connectivity index (χ1n) is 8.51. The lowest BCUT2D eigenvalue weighted by Crippen LogP contribution is -2.09. The molecule has 2 aliphatic carbocycles. The van der Waals surface area contributed by atoms with Gasteiger partial charge in [-0.15, -0.1) is 11.3 Å². The van der Waals surface area contributed by atoms with E-state index >= 15 is 0 Å². The molecule has 1 aromatic carbocycles. The van der Waals surface area contributed by atoms with Gasteiger partial charge in [0.05, 0.1) is 6.61 Å². The molecule has 0 N–H and O–H groups in total. The number of fused-ring (bicyclic) bond motifs is 1. The summed E-state index contributed by atoms with van der Waals surface area (Å²) >= 11 is 1.58. The van der Waals surface area contributed by atoms with Crippen molar-refractivity contribution in [1.29, 1.82) is 0 Å². The van der Waals surface area contributed by atoms with Crippen molar-refractivity contribution in [3.63, 3.8) is 0 Å². The maximum Gasteiger partial charge on any atom is 0.201 e. The Kier molecular flexibility index (Phi) is 4.17. The second kappa shape index (κ2) is 6.32. The smallest absolute Gasteiger partial charge is 0.201 e. The van der Waals surface area contributed by atoms with Crippen molar-refractivity contribution in [3.8, 4) is 16.2 Å². The van der Waals surface area contributed by atoms with Crippen molar-refractivity contribution >= 4 is 11.3 Å². The van der Waals surface area contributed by atoms with Gasteiger partial charge < -0.3 is 4.74 Å². The molecule has 4 rings (SSSR count). The third-order valence-electron chi connectivity index (χ3n) is 4.88. The van der Waals surface area contributed by atoms with Gasteiger partial charge in [0.1, 0.15) is 0 Å². The number of benzene rings is 1. The summed E-state index contributed by atoms with van der Waals surface area (Å²) in [6.07, 6.45) is 8.31. The van der Waals surface area contributed by atoms with E-state index < -0.39 is 11.6 Å². The molecule has 0 fully saturated rings. The van der Waals surface area contributed by atoms with E-state index in [2.05, 4.69) is 19.1 Å². The van der Waals surface area contributed by atoms with Crippen molar-refractivity contribution in [3.05, 3.63) is 52.4 Å². The summed E-state index contributed by atoms with van der Waals surface area (Å²) in [6.45, 7) is 2.62. The predicted molar refractivity (Wildman–Crippen MR) is 93.6 cm³/mol. The Morgan fingerprint density at radius 3 is 2.83 bits per heavy atom. The van der Waals surface area contributed by atoms with Gasteiger partial charge in [-0.2, -0.15) is 4.39 Å². The lowest BCUT2D eigenvalue weighted by atomic mass is 10.1. The number of rotatable bonds is 4. The monoisotopic (exact) mass is 346 g/mol. The van der Waals surface area contributed by atoms with Crippen molar-refractivity contribution in [2.24, 2.45) is 11.8 Å². The Hall–Kier alpha value is -1.68. The number of halogens is 2. The molecular weight excluding hydrogens is 326 g/mol. The van der Waals surface area contributed by atoms with E-state index in [1.165, 1.54) is 10.4 Å². The molecule has 0 aliphatic heterocycles. The number of allylic oxidation sites excluding steroid dienone is 1. The lowest BCUT2D eigenvalue weighted by molar-refractivity contribution is 0.258. The fourth-order valence-electron chi connectivity index (χ4n) is 3.57. The van der Waals surface area contributed by atoms with Gasteiger partial charge in [0, 0.05) is 21.2 Å². The van der Waals surface area contributed by atoms with Crippen LogP contribution in [0.4, 0.5) is 8.78 Å². The molecule has 1 aromatic heterocycles. The minimum Gasteiger partial charge on any atom is -0.490 e. The lowest BCUT2D eigenvalue weighted by Gasteiger charge is -2.12. The Morgan fingerprint density at radius 1 is 1.21 bits per heavy atom. The normalized spacial score (nSPS) is 22.1. The maximum absolute atomic E-state index is 14.5. The fraction of sp³-hybridized carbons (Fsp3) is 0.400. The average Bonchev–Trinajstić information content (AvgIpc) is 3.25. The molecule has 0 saturated carbocycles. The highest BCUT2D eigenvalue weighted by atomic mass is 32.1. The Balaban J connectivity index is 1.55. The van der Waals surface area contributed by atoms with Crippen molar-refractivity contribution < 1.29 is 13.5 Å². The molecule has 2 aliphatic rings. The van der Waals surface area contributed by atoms with Crippen LogP contribution in [0.15, 0.2) is 30.4 Å². The molecule has 2 aromatic rings. The molecule has 0 spiro atoms. The van der Waals surface area contributed by atoms with Gasteiger partial charge in [-0.1, -0.05) is 19.1 Å². The Labute approximate surface area is 145 Å². The first kappa shape index (κ1) is 15.8. The summed E-state index contributed by atoms with van der Waals surface area (Å²) in [6, 6.07) is 5.22. The standard InChI is InChI=1S/C20H20F2OS/c1-12-8-14-10-18(24-17(14)9-12)15-6-7-16(20(22)19(15)21)23-11-13-4-2-3-5-13/h2,4,6-7,10,12-13H,3,5,8-9,11H2,1H3. The highest BCUT2D eigenvalue weighted by molar-refractivity contribution is 7.15. The van der Waals surface area contributed by atoms with E-state index in [0.717, 1.165) is 30.6 Å². The summed E-state index contributed by atoms with van der Waals surface area (Å²) in [4.78, 5) is 2.12. The highest BCUT2D eigenvalue weighted by Gasteiger charge is 2.24.